The molecule has 4 heteroatoms. The molecule has 0 aromatic carbocycles. The number of thioether (sulfide) groups is 1. The average molecular weight is 205 g/mol. The van der Waals surface area contributed by atoms with Gasteiger partial charge in [-0.1, -0.05) is 11.8 Å². The average Bonchev–Trinajstić information content (AvgIpc) is 2.31. The van der Waals surface area contributed by atoms with Crippen molar-refractivity contribution in [2.75, 3.05) is 6.54 Å². The van der Waals surface area contributed by atoms with E-state index in [9.17, 15) is 0 Å². The Hall–Kier alpha value is -0.150. The first-order valence-electron chi connectivity index (χ1n) is 3.79. The van der Waals surface area contributed by atoms with E-state index in [1.807, 2.05) is 0 Å². The lowest BCUT2D eigenvalue weighted by atomic mass is 10.1. The molecule has 0 radical (unpaired) electrons. The highest BCUT2D eigenvalue weighted by Gasteiger charge is 2.34. The zero-order chi connectivity index (χ0) is 8.06. The molecule has 0 fully saturated rings. The summed E-state index contributed by atoms with van der Waals surface area (Å²) in [6.07, 6.45) is 0. The van der Waals surface area contributed by atoms with Gasteiger partial charge >= 0.3 is 0 Å². The molecule has 0 amide bonds. The largest absolute Gasteiger partial charge is 0.322 e. The summed E-state index contributed by atoms with van der Waals surface area (Å²) < 4.78 is 0. The summed E-state index contributed by atoms with van der Waals surface area (Å²) in [6.45, 7) is 7.52. The summed E-state index contributed by atoms with van der Waals surface area (Å²) in [5.41, 5.74) is 1.46. The zero-order valence-electron chi connectivity index (χ0n) is 7.50. The van der Waals surface area contributed by atoms with Gasteiger partial charge < -0.3 is 4.90 Å². The Labute approximate surface area is 83.5 Å². The number of fused-ring (bicyclic) bond motifs is 1. The van der Waals surface area contributed by atoms with Crippen LogP contribution < -0.4 is 0 Å². The maximum atomic E-state index is 4.59. The lowest BCUT2D eigenvalue weighted by Crippen LogP contribution is -2.27. The molecule has 0 atom stereocenters. The van der Waals surface area contributed by atoms with Gasteiger partial charge in [0, 0.05) is 12.2 Å². The van der Waals surface area contributed by atoms with Crippen LogP contribution in [0.15, 0.2) is 16.1 Å². The first kappa shape index (κ1) is 9.93. The van der Waals surface area contributed by atoms with Crippen molar-refractivity contribution >= 4 is 29.3 Å². The molecule has 0 bridgehead atoms. The summed E-state index contributed by atoms with van der Waals surface area (Å²) in [5.74, 6) is 0. The molecule has 0 spiro atoms. The van der Waals surface area contributed by atoms with Gasteiger partial charge in [-0.2, -0.15) is 0 Å². The highest BCUT2D eigenvalue weighted by molar-refractivity contribution is 8.16. The number of nitrogens with zero attached hydrogens (tertiary/aromatic N) is 2. The molecular formula is C8H13ClN2S. The van der Waals surface area contributed by atoms with E-state index >= 15 is 0 Å². The number of aliphatic imine (C=N–C) groups is 1. The van der Waals surface area contributed by atoms with Crippen LogP contribution in [0.3, 0.4) is 0 Å². The number of amidine groups is 1. The number of hydrogen-bond donors (Lipinski definition) is 0. The Morgan fingerprint density at radius 3 is 2.83 bits per heavy atom. The van der Waals surface area contributed by atoms with Crippen molar-refractivity contribution in [2.24, 2.45) is 4.99 Å². The second-order valence-electron chi connectivity index (χ2n) is 3.67. The molecule has 2 rings (SSSR count). The van der Waals surface area contributed by atoms with E-state index in [0.717, 1.165) is 6.54 Å². The number of halogens is 1. The van der Waals surface area contributed by atoms with E-state index in [2.05, 4.69) is 36.1 Å². The van der Waals surface area contributed by atoms with Crippen molar-refractivity contribution in [2.45, 2.75) is 26.3 Å². The molecule has 0 N–H and O–H groups in total. The Kier molecular flexibility index (Phi) is 2.45. The van der Waals surface area contributed by atoms with Crippen molar-refractivity contribution in [3.05, 3.63) is 11.1 Å². The van der Waals surface area contributed by atoms with Gasteiger partial charge in [0.2, 0.25) is 0 Å². The Bertz CT molecular complexity index is 258. The fourth-order valence-corrected chi connectivity index (χ4v) is 2.42. The number of hydrogen-bond acceptors (Lipinski definition) is 3. The summed E-state index contributed by atoms with van der Waals surface area (Å²) >= 11 is 1.74. The normalized spacial score (nSPS) is 24.4. The fraction of sp³-hybridized carbons (Fsp3) is 0.625. The highest BCUT2D eigenvalue weighted by Crippen LogP contribution is 2.34. The van der Waals surface area contributed by atoms with Crippen molar-refractivity contribution < 1.29 is 0 Å². The smallest absolute Gasteiger partial charge is 0.168 e. The van der Waals surface area contributed by atoms with Crippen LogP contribution in [0.25, 0.3) is 0 Å². The van der Waals surface area contributed by atoms with Gasteiger partial charge in [-0.25, -0.2) is 0 Å². The van der Waals surface area contributed by atoms with Crippen LogP contribution in [0.4, 0.5) is 0 Å². The molecule has 0 saturated carbocycles. The first-order valence-corrected chi connectivity index (χ1v) is 4.67. The van der Waals surface area contributed by atoms with Crippen LogP contribution in [-0.4, -0.2) is 22.2 Å². The number of rotatable bonds is 0. The fourth-order valence-electron chi connectivity index (χ4n) is 1.38. The van der Waals surface area contributed by atoms with Crippen LogP contribution in [0, 0.1) is 0 Å². The minimum atomic E-state index is 0. The van der Waals surface area contributed by atoms with Crippen molar-refractivity contribution in [3.8, 4) is 0 Å². The third-order valence-corrected chi connectivity index (χ3v) is 2.92. The SMILES string of the molecule is CC1=CSC2=NC(C)(C)CN12.Cl. The standard InChI is InChI=1S/C8H12N2S.ClH/c1-6-4-11-7-9-8(2,3)5-10(6)7;/h4H,5H2,1-3H3;1H. The summed E-state index contributed by atoms with van der Waals surface area (Å²) in [6, 6.07) is 0. The Morgan fingerprint density at radius 1 is 1.58 bits per heavy atom. The van der Waals surface area contributed by atoms with E-state index in [4.69, 9.17) is 0 Å². The third-order valence-electron chi connectivity index (χ3n) is 1.93. The second kappa shape index (κ2) is 2.96. The Balaban J connectivity index is 0.000000720. The molecule has 0 aliphatic carbocycles. The van der Waals surface area contributed by atoms with Gasteiger partial charge in [0.25, 0.3) is 0 Å². The number of allylic oxidation sites excluding steroid dienone is 1. The van der Waals surface area contributed by atoms with Crippen LogP contribution in [-0.2, 0) is 0 Å². The Morgan fingerprint density at radius 2 is 2.25 bits per heavy atom. The molecule has 12 heavy (non-hydrogen) atoms. The molecular weight excluding hydrogens is 192 g/mol. The van der Waals surface area contributed by atoms with E-state index in [1.165, 1.54) is 10.9 Å². The van der Waals surface area contributed by atoms with Gasteiger partial charge in [-0.3, -0.25) is 4.99 Å². The zero-order valence-corrected chi connectivity index (χ0v) is 9.13. The molecule has 68 valence electrons. The van der Waals surface area contributed by atoms with E-state index in [-0.39, 0.29) is 17.9 Å². The van der Waals surface area contributed by atoms with Crippen molar-refractivity contribution in [1.29, 1.82) is 0 Å². The second-order valence-corrected chi connectivity index (χ2v) is 4.51. The van der Waals surface area contributed by atoms with Crippen molar-refractivity contribution in [3.63, 3.8) is 0 Å². The molecule has 2 aliphatic rings. The molecule has 2 aliphatic heterocycles. The lowest BCUT2D eigenvalue weighted by molar-refractivity contribution is 0.435. The lowest BCUT2D eigenvalue weighted by Gasteiger charge is -2.18. The minimum absolute atomic E-state index is 0. The minimum Gasteiger partial charge on any atom is -0.322 e. The molecule has 2 heterocycles. The van der Waals surface area contributed by atoms with Crippen LogP contribution >= 0.6 is 24.2 Å². The first-order chi connectivity index (χ1) is 5.08. The van der Waals surface area contributed by atoms with Crippen molar-refractivity contribution in [1.82, 2.24) is 4.90 Å². The molecule has 0 aromatic heterocycles. The molecule has 0 unspecified atom stereocenters. The van der Waals surface area contributed by atoms with Crippen LogP contribution in [0.2, 0.25) is 0 Å². The van der Waals surface area contributed by atoms with Gasteiger partial charge in [0.05, 0.1) is 5.54 Å². The predicted molar refractivity (Wildman–Crippen MR) is 56.8 cm³/mol. The maximum Gasteiger partial charge on any atom is 0.168 e. The predicted octanol–water partition coefficient (Wildman–Crippen LogP) is 2.47. The topological polar surface area (TPSA) is 15.6 Å². The molecule has 0 aromatic rings. The summed E-state index contributed by atoms with van der Waals surface area (Å²) in [4.78, 5) is 6.87. The van der Waals surface area contributed by atoms with E-state index < -0.39 is 0 Å². The highest BCUT2D eigenvalue weighted by atomic mass is 35.5. The van der Waals surface area contributed by atoms with Crippen LogP contribution in [0.1, 0.15) is 20.8 Å². The van der Waals surface area contributed by atoms with Crippen LogP contribution in [0.5, 0.6) is 0 Å². The molecule has 0 saturated heterocycles. The van der Waals surface area contributed by atoms with Gasteiger partial charge in [0.1, 0.15) is 0 Å². The van der Waals surface area contributed by atoms with E-state index in [0.29, 0.717) is 0 Å². The summed E-state index contributed by atoms with van der Waals surface area (Å²) in [7, 11) is 0. The third kappa shape index (κ3) is 1.48. The van der Waals surface area contributed by atoms with Gasteiger partial charge in [-0.05, 0) is 26.2 Å². The monoisotopic (exact) mass is 204 g/mol. The molecule has 2 nitrogen and oxygen atoms in total. The van der Waals surface area contributed by atoms with Gasteiger partial charge in [0.15, 0.2) is 5.17 Å². The van der Waals surface area contributed by atoms with Gasteiger partial charge in [-0.15, -0.1) is 12.4 Å². The maximum absolute atomic E-state index is 4.59. The quantitative estimate of drug-likeness (QED) is 0.603. The van der Waals surface area contributed by atoms with E-state index in [1.54, 1.807) is 11.8 Å². The summed E-state index contributed by atoms with van der Waals surface area (Å²) in [5, 5.41) is 3.33.